The molecule has 5 N–H and O–H groups in total. The van der Waals surface area contributed by atoms with Gasteiger partial charge in [-0.1, -0.05) is 12.1 Å². The fourth-order valence-corrected chi connectivity index (χ4v) is 3.82. The van der Waals surface area contributed by atoms with Crippen molar-refractivity contribution >= 4 is 29.5 Å². The molecular weight excluding hydrogens is 504 g/mol. The SMILES string of the molecule is COc1ccc(NC(=O)C(c2ccc(O)cc2)N(C(=O)C(CC(N)=O)NC(=O)OC(C)(C)C)C(C)(C)C)cc1. The molecule has 11 heteroatoms. The third-order valence-electron chi connectivity index (χ3n) is 5.43. The first kappa shape index (κ1) is 30.9. The van der Waals surface area contributed by atoms with E-state index in [1.54, 1.807) is 65.8 Å². The Morgan fingerprint density at radius 3 is 1.97 bits per heavy atom. The average molecular weight is 543 g/mol. The number of primary amides is 1. The van der Waals surface area contributed by atoms with Crippen LogP contribution in [0.3, 0.4) is 0 Å². The van der Waals surface area contributed by atoms with Gasteiger partial charge in [0.15, 0.2) is 0 Å². The number of hydrogen-bond donors (Lipinski definition) is 4. The van der Waals surface area contributed by atoms with Gasteiger partial charge >= 0.3 is 6.09 Å². The van der Waals surface area contributed by atoms with Gasteiger partial charge in [-0.05, 0) is 83.5 Å². The number of hydrogen-bond acceptors (Lipinski definition) is 7. The topological polar surface area (TPSA) is 160 Å². The Kier molecular flexibility index (Phi) is 9.92. The van der Waals surface area contributed by atoms with Gasteiger partial charge in [0.25, 0.3) is 5.91 Å². The lowest BCUT2D eigenvalue weighted by molar-refractivity contribution is -0.147. The van der Waals surface area contributed by atoms with E-state index in [9.17, 15) is 24.3 Å². The van der Waals surface area contributed by atoms with Crippen LogP contribution in [-0.2, 0) is 19.1 Å². The second kappa shape index (κ2) is 12.5. The zero-order chi connectivity index (χ0) is 29.5. The van der Waals surface area contributed by atoms with Crippen molar-refractivity contribution in [3.63, 3.8) is 0 Å². The zero-order valence-corrected chi connectivity index (χ0v) is 23.4. The summed E-state index contributed by atoms with van der Waals surface area (Å²) in [4.78, 5) is 53.6. The summed E-state index contributed by atoms with van der Waals surface area (Å²) in [7, 11) is 1.52. The summed E-state index contributed by atoms with van der Waals surface area (Å²) in [6, 6.07) is 9.83. The highest BCUT2D eigenvalue weighted by molar-refractivity contribution is 6.00. The fraction of sp³-hybridized carbons (Fsp3) is 0.429. The summed E-state index contributed by atoms with van der Waals surface area (Å²) < 4.78 is 10.4. The van der Waals surface area contributed by atoms with Crippen LogP contribution < -0.4 is 21.1 Å². The number of phenols is 1. The summed E-state index contributed by atoms with van der Waals surface area (Å²) in [5.41, 5.74) is 4.41. The van der Waals surface area contributed by atoms with Crippen molar-refractivity contribution in [1.29, 1.82) is 0 Å². The predicted octanol–water partition coefficient (Wildman–Crippen LogP) is 3.48. The average Bonchev–Trinajstić information content (AvgIpc) is 2.80. The molecule has 0 bridgehead atoms. The van der Waals surface area contributed by atoms with E-state index in [-0.39, 0.29) is 5.75 Å². The Balaban J connectivity index is 2.56. The van der Waals surface area contributed by atoms with Crippen molar-refractivity contribution in [1.82, 2.24) is 10.2 Å². The van der Waals surface area contributed by atoms with Gasteiger partial charge in [0, 0.05) is 11.2 Å². The molecule has 4 amide bonds. The highest BCUT2D eigenvalue weighted by Crippen LogP contribution is 2.32. The normalized spacial score (nSPS) is 13.0. The van der Waals surface area contributed by atoms with Crippen LogP contribution in [0, 0.1) is 0 Å². The quantitative estimate of drug-likeness (QED) is 0.377. The van der Waals surface area contributed by atoms with Gasteiger partial charge in [-0.25, -0.2) is 4.79 Å². The molecule has 0 saturated carbocycles. The number of anilines is 1. The Labute approximate surface area is 228 Å². The summed E-state index contributed by atoms with van der Waals surface area (Å²) in [6.07, 6.45) is -1.44. The molecule has 0 fully saturated rings. The van der Waals surface area contributed by atoms with E-state index in [0.29, 0.717) is 17.0 Å². The maximum absolute atomic E-state index is 14.1. The number of benzene rings is 2. The number of alkyl carbamates (subject to hydrolysis) is 1. The number of nitrogens with one attached hydrogen (secondary N) is 2. The van der Waals surface area contributed by atoms with Crippen molar-refractivity contribution < 1.29 is 33.8 Å². The Morgan fingerprint density at radius 2 is 1.51 bits per heavy atom. The van der Waals surface area contributed by atoms with Gasteiger partial charge in [-0.15, -0.1) is 0 Å². The predicted molar refractivity (Wildman–Crippen MR) is 146 cm³/mol. The van der Waals surface area contributed by atoms with E-state index in [1.807, 2.05) is 0 Å². The van der Waals surface area contributed by atoms with Gasteiger partial charge in [-0.3, -0.25) is 14.4 Å². The molecule has 2 atom stereocenters. The van der Waals surface area contributed by atoms with E-state index in [1.165, 1.54) is 36.3 Å². The number of carbonyl (C=O) groups excluding carboxylic acids is 4. The highest BCUT2D eigenvalue weighted by atomic mass is 16.6. The van der Waals surface area contributed by atoms with Crippen LogP contribution in [0.1, 0.15) is 59.6 Å². The van der Waals surface area contributed by atoms with Gasteiger partial charge in [0.05, 0.1) is 13.5 Å². The first-order valence-corrected chi connectivity index (χ1v) is 12.4. The number of nitrogens with two attached hydrogens (primary N) is 1. The van der Waals surface area contributed by atoms with E-state index < -0.39 is 53.5 Å². The Morgan fingerprint density at radius 1 is 0.949 bits per heavy atom. The molecule has 2 aromatic rings. The third kappa shape index (κ3) is 9.20. The lowest BCUT2D eigenvalue weighted by Crippen LogP contribution is -2.58. The summed E-state index contributed by atoms with van der Waals surface area (Å²) >= 11 is 0. The molecule has 0 aliphatic heterocycles. The van der Waals surface area contributed by atoms with Gasteiger partial charge in [0.1, 0.15) is 29.2 Å². The molecule has 2 aromatic carbocycles. The van der Waals surface area contributed by atoms with E-state index in [2.05, 4.69) is 10.6 Å². The first-order chi connectivity index (χ1) is 18.0. The number of ether oxygens (including phenoxy) is 2. The molecule has 39 heavy (non-hydrogen) atoms. The molecule has 2 unspecified atom stereocenters. The number of rotatable bonds is 9. The minimum atomic E-state index is -1.41. The van der Waals surface area contributed by atoms with E-state index in [0.717, 1.165) is 0 Å². The van der Waals surface area contributed by atoms with Crippen LogP contribution in [0.4, 0.5) is 10.5 Å². The lowest BCUT2D eigenvalue weighted by atomic mass is 9.94. The molecule has 0 aromatic heterocycles. The van der Waals surface area contributed by atoms with Crippen molar-refractivity contribution in [2.24, 2.45) is 5.73 Å². The highest BCUT2D eigenvalue weighted by Gasteiger charge is 2.42. The van der Waals surface area contributed by atoms with Crippen LogP contribution in [0.15, 0.2) is 48.5 Å². The van der Waals surface area contributed by atoms with Crippen molar-refractivity contribution in [2.45, 2.75) is 71.2 Å². The van der Waals surface area contributed by atoms with Gasteiger partial charge in [0.2, 0.25) is 11.8 Å². The molecule has 11 nitrogen and oxygen atoms in total. The smallest absolute Gasteiger partial charge is 0.408 e. The van der Waals surface area contributed by atoms with E-state index >= 15 is 0 Å². The second-order valence-corrected chi connectivity index (χ2v) is 11.0. The molecule has 2 rings (SSSR count). The molecule has 0 spiro atoms. The van der Waals surface area contributed by atoms with E-state index in [4.69, 9.17) is 15.2 Å². The number of carbonyl (C=O) groups is 4. The molecule has 0 aliphatic rings. The third-order valence-corrected chi connectivity index (χ3v) is 5.43. The Bertz CT molecular complexity index is 1170. The Hall–Kier alpha value is -4.28. The fourth-order valence-electron chi connectivity index (χ4n) is 3.82. The first-order valence-electron chi connectivity index (χ1n) is 12.4. The van der Waals surface area contributed by atoms with Crippen molar-refractivity contribution in [3.05, 3.63) is 54.1 Å². The minimum absolute atomic E-state index is 0.0279. The van der Waals surface area contributed by atoms with Gasteiger partial charge < -0.3 is 35.8 Å². The molecule has 0 saturated heterocycles. The van der Waals surface area contributed by atoms with Crippen LogP contribution in [0.5, 0.6) is 11.5 Å². The standard InChI is InChI=1S/C28H38N4O7/c1-27(2,3)32(25(36)21(16-22(29)34)31-26(37)39-28(4,5)6)23(17-8-12-19(33)13-9-17)24(35)30-18-10-14-20(38-7)15-11-18/h8-15,21,23,33H,16H2,1-7H3,(H2,29,34)(H,30,35)(H,31,37). The molecular formula is C28H38N4O7. The van der Waals surface area contributed by atoms with Crippen LogP contribution in [-0.4, -0.2) is 58.1 Å². The largest absolute Gasteiger partial charge is 0.508 e. The minimum Gasteiger partial charge on any atom is -0.508 e. The summed E-state index contributed by atoms with van der Waals surface area (Å²) in [6.45, 7) is 10.1. The van der Waals surface area contributed by atoms with Crippen LogP contribution in [0.2, 0.25) is 0 Å². The maximum Gasteiger partial charge on any atom is 0.408 e. The number of nitrogens with zero attached hydrogens (tertiary/aromatic N) is 1. The molecule has 212 valence electrons. The van der Waals surface area contributed by atoms with Crippen molar-refractivity contribution in [3.8, 4) is 11.5 Å². The summed E-state index contributed by atoms with van der Waals surface area (Å²) in [5, 5.41) is 15.1. The van der Waals surface area contributed by atoms with Crippen LogP contribution in [0.25, 0.3) is 0 Å². The number of phenolic OH excluding ortho intramolecular Hbond substituents is 1. The maximum atomic E-state index is 14.1. The van der Waals surface area contributed by atoms with Crippen molar-refractivity contribution in [2.75, 3.05) is 12.4 Å². The number of amides is 4. The molecule has 0 radical (unpaired) electrons. The second-order valence-electron chi connectivity index (χ2n) is 11.0. The monoisotopic (exact) mass is 542 g/mol. The molecule has 0 aliphatic carbocycles. The number of methoxy groups -OCH3 is 1. The summed E-state index contributed by atoms with van der Waals surface area (Å²) in [5.74, 6) is -1.56. The van der Waals surface area contributed by atoms with Crippen LogP contribution >= 0.6 is 0 Å². The van der Waals surface area contributed by atoms with Gasteiger partial charge in [-0.2, -0.15) is 0 Å². The zero-order valence-electron chi connectivity index (χ0n) is 23.4. The molecule has 0 heterocycles. The number of aromatic hydroxyl groups is 1. The lowest BCUT2D eigenvalue weighted by Gasteiger charge is -2.43.